The van der Waals surface area contributed by atoms with Crippen molar-refractivity contribution in [2.75, 3.05) is 18.0 Å². The van der Waals surface area contributed by atoms with Gasteiger partial charge in [0, 0.05) is 34.6 Å². The minimum atomic E-state index is 0.472. The molecule has 0 radical (unpaired) electrons. The fourth-order valence-corrected chi connectivity index (χ4v) is 3.95. The van der Waals surface area contributed by atoms with E-state index in [-0.39, 0.29) is 0 Å². The number of nitrogens with zero attached hydrogens (tertiary/aromatic N) is 3. The second-order valence-electron chi connectivity index (χ2n) is 6.21. The summed E-state index contributed by atoms with van der Waals surface area (Å²) < 4.78 is 1.04. The summed E-state index contributed by atoms with van der Waals surface area (Å²) >= 11 is 5.04. The molecule has 1 fully saturated rings. The highest BCUT2D eigenvalue weighted by molar-refractivity contribution is 9.10. The lowest BCUT2D eigenvalue weighted by Crippen LogP contribution is -2.30. The van der Waals surface area contributed by atoms with E-state index in [9.17, 15) is 0 Å². The Balaban J connectivity index is 1.66. The van der Waals surface area contributed by atoms with Crippen LogP contribution in [-0.4, -0.2) is 24.5 Å². The molecule has 0 aliphatic carbocycles. The summed E-state index contributed by atoms with van der Waals surface area (Å²) in [7, 11) is 0. The predicted octanol–water partition coefficient (Wildman–Crippen LogP) is 5.02. The Kier molecular flexibility index (Phi) is 7.14. The summed E-state index contributed by atoms with van der Waals surface area (Å²) in [5.74, 6) is 0.793. The Morgan fingerprint density at radius 2 is 1.88 bits per heavy atom. The highest BCUT2D eigenvalue weighted by Gasteiger charge is 2.13. The normalized spacial score (nSPS) is 15.6. The van der Waals surface area contributed by atoms with Gasteiger partial charge >= 0.3 is 0 Å². The average molecular weight is 431 g/mol. The highest BCUT2D eigenvalue weighted by Crippen LogP contribution is 2.26. The molecule has 26 heavy (non-hydrogen) atoms. The maximum atomic E-state index is 5.98. The molecule has 0 atom stereocenters. The Morgan fingerprint density at radius 3 is 2.65 bits per heavy atom. The Labute approximate surface area is 167 Å². The van der Waals surface area contributed by atoms with Crippen LogP contribution in [0.3, 0.4) is 0 Å². The van der Waals surface area contributed by atoms with Crippen LogP contribution in [0.5, 0.6) is 0 Å². The Morgan fingerprint density at radius 1 is 1.12 bits per heavy atom. The molecule has 3 rings (SSSR count). The van der Waals surface area contributed by atoms with Crippen molar-refractivity contribution in [2.24, 2.45) is 15.9 Å². The first kappa shape index (κ1) is 19.0. The number of hydrogen-bond donors (Lipinski definition) is 1. The second-order valence-corrected chi connectivity index (χ2v) is 8.12. The largest absolute Gasteiger partial charge is 0.377 e. The minimum absolute atomic E-state index is 0.472. The van der Waals surface area contributed by atoms with Gasteiger partial charge in [0.05, 0.1) is 6.21 Å². The van der Waals surface area contributed by atoms with Crippen molar-refractivity contribution < 1.29 is 0 Å². The van der Waals surface area contributed by atoms with Crippen molar-refractivity contribution in [1.29, 1.82) is 0 Å². The van der Waals surface area contributed by atoms with Crippen molar-refractivity contribution in [2.45, 2.75) is 25.0 Å². The molecule has 4 nitrogen and oxygen atoms in total. The Hall–Kier alpha value is -1.79. The number of thioether (sulfide) groups is 1. The van der Waals surface area contributed by atoms with Gasteiger partial charge in [-0.25, -0.2) is 0 Å². The number of anilines is 1. The van der Waals surface area contributed by atoms with E-state index in [1.54, 1.807) is 6.21 Å². The zero-order valence-electron chi connectivity index (χ0n) is 14.6. The van der Waals surface area contributed by atoms with Crippen molar-refractivity contribution >= 4 is 44.8 Å². The molecule has 0 saturated carbocycles. The van der Waals surface area contributed by atoms with Crippen LogP contribution < -0.4 is 10.6 Å². The number of amidine groups is 1. The number of hydrogen-bond acceptors (Lipinski definition) is 4. The topological polar surface area (TPSA) is 54.0 Å². The van der Waals surface area contributed by atoms with Crippen LogP contribution in [0.4, 0.5) is 5.69 Å². The van der Waals surface area contributed by atoms with Crippen LogP contribution in [0.2, 0.25) is 0 Å². The molecule has 1 aliphatic rings. The smallest absolute Gasteiger partial charge is 0.180 e. The number of halogens is 1. The van der Waals surface area contributed by atoms with Crippen molar-refractivity contribution in [1.82, 2.24) is 0 Å². The van der Waals surface area contributed by atoms with Crippen LogP contribution in [0.15, 0.2) is 63.2 Å². The van der Waals surface area contributed by atoms with E-state index in [1.165, 1.54) is 42.3 Å². The number of nitrogens with two attached hydrogens (primary N) is 1. The van der Waals surface area contributed by atoms with Gasteiger partial charge in [-0.3, -0.25) is 0 Å². The van der Waals surface area contributed by atoms with E-state index < -0.39 is 0 Å². The zero-order valence-corrected chi connectivity index (χ0v) is 17.0. The summed E-state index contributed by atoms with van der Waals surface area (Å²) in [5, 5.41) is 8.84. The molecule has 2 N–H and O–H groups in total. The molecular formula is C20H23BrN4S. The van der Waals surface area contributed by atoms with Crippen LogP contribution in [0, 0.1) is 0 Å². The lowest BCUT2D eigenvalue weighted by molar-refractivity contribution is 0.577. The molecule has 1 heterocycles. The number of rotatable bonds is 5. The third-order valence-corrected chi connectivity index (χ3v) is 5.62. The lowest BCUT2D eigenvalue weighted by atomic mass is 10.1. The molecular weight excluding hydrogens is 408 g/mol. The second kappa shape index (κ2) is 9.78. The van der Waals surface area contributed by atoms with Crippen molar-refractivity contribution in [3.8, 4) is 0 Å². The molecule has 6 heteroatoms. The third-order valence-electron chi connectivity index (χ3n) is 4.27. The zero-order chi connectivity index (χ0) is 18.2. The van der Waals surface area contributed by atoms with E-state index >= 15 is 0 Å². The van der Waals surface area contributed by atoms with Gasteiger partial charge in [0.2, 0.25) is 0 Å². The average Bonchev–Trinajstić information content (AvgIpc) is 2.68. The van der Waals surface area contributed by atoms with E-state index in [2.05, 4.69) is 61.4 Å². The third kappa shape index (κ3) is 5.61. The van der Waals surface area contributed by atoms with Gasteiger partial charge in [-0.2, -0.15) is 5.10 Å². The van der Waals surface area contributed by atoms with Gasteiger partial charge in [0.1, 0.15) is 0 Å². The molecule has 1 aliphatic heterocycles. The van der Waals surface area contributed by atoms with Crippen LogP contribution in [0.25, 0.3) is 0 Å². The molecule has 1 saturated heterocycles. The molecule has 0 bridgehead atoms. The molecule has 0 unspecified atom stereocenters. The van der Waals surface area contributed by atoms with Gasteiger partial charge in [-0.15, -0.1) is 5.10 Å². The predicted molar refractivity (Wildman–Crippen MR) is 117 cm³/mol. The highest BCUT2D eigenvalue weighted by atomic mass is 79.9. The molecule has 0 spiro atoms. The number of benzene rings is 2. The monoisotopic (exact) mass is 430 g/mol. The van der Waals surface area contributed by atoms with Crippen molar-refractivity contribution in [3.05, 3.63) is 64.1 Å². The summed E-state index contributed by atoms with van der Waals surface area (Å²) in [5.41, 5.74) is 9.47. The van der Waals surface area contributed by atoms with E-state index in [1.807, 2.05) is 18.2 Å². The van der Waals surface area contributed by atoms with Gasteiger partial charge in [-0.05, 0) is 43.0 Å². The van der Waals surface area contributed by atoms with E-state index in [0.29, 0.717) is 5.17 Å². The van der Waals surface area contributed by atoms with E-state index in [0.717, 1.165) is 28.9 Å². The summed E-state index contributed by atoms with van der Waals surface area (Å²) in [4.78, 5) is 2.43. The van der Waals surface area contributed by atoms with Gasteiger partial charge in [0.25, 0.3) is 0 Å². The molecule has 0 amide bonds. The van der Waals surface area contributed by atoms with E-state index in [4.69, 9.17) is 5.73 Å². The van der Waals surface area contributed by atoms with Crippen LogP contribution in [0.1, 0.15) is 30.4 Å². The fraction of sp³-hybridized carbons (Fsp3) is 0.300. The van der Waals surface area contributed by atoms with Gasteiger partial charge < -0.3 is 10.6 Å². The lowest BCUT2D eigenvalue weighted by Gasteiger charge is -2.30. The van der Waals surface area contributed by atoms with Crippen LogP contribution in [-0.2, 0) is 5.75 Å². The molecule has 136 valence electrons. The maximum Gasteiger partial charge on any atom is 0.180 e. The maximum absolute atomic E-state index is 5.98. The van der Waals surface area contributed by atoms with Crippen LogP contribution >= 0.6 is 27.7 Å². The van der Waals surface area contributed by atoms with Crippen molar-refractivity contribution in [3.63, 3.8) is 0 Å². The molecule has 2 aromatic rings. The Bertz CT molecular complexity index is 771. The SMILES string of the molecule is NC(=NN=Cc1cc(Br)ccc1N1CCCCC1)SCc1ccccc1. The quantitative estimate of drug-likeness (QED) is 0.411. The molecule has 2 aromatic carbocycles. The first-order valence-electron chi connectivity index (χ1n) is 8.80. The summed E-state index contributed by atoms with van der Waals surface area (Å²) in [6.45, 7) is 2.20. The summed E-state index contributed by atoms with van der Waals surface area (Å²) in [6, 6.07) is 16.5. The van der Waals surface area contributed by atoms with Gasteiger partial charge in [0.15, 0.2) is 5.17 Å². The number of piperidine rings is 1. The standard InChI is InChI=1S/C20H23BrN4S/c21-18-9-10-19(25-11-5-2-6-12-25)17(13-18)14-23-24-20(22)26-15-16-7-3-1-4-8-16/h1,3-4,7-10,13-14H,2,5-6,11-12,15H2,(H2,22,24). The van der Waals surface area contributed by atoms with Gasteiger partial charge in [-0.1, -0.05) is 58.0 Å². The fourth-order valence-electron chi connectivity index (χ4n) is 2.96. The summed E-state index contributed by atoms with van der Waals surface area (Å²) in [6.07, 6.45) is 5.60. The first-order chi connectivity index (χ1) is 12.7. The molecule has 0 aromatic heterocycles. The minimum Gasteiger partial charge on any atom is -0.377 e. The first-order valence-corrected chi connectivity index (χ1v) is 10.6.